The van der Waals surface area contributed by atoms with Gasteiger partial charge in [0.25, 0.3) is 0 Å². The van der Waals surface area contributed by atoms with E-state index >= 15 is 0 Å². The molecule has 40 heavy (non-hydrogen) atoms. The lowest BCUT2D eigenvalue weighted by molar-refractivity contribution is -0.150. The molecular weight excluding hydrogens is 533 g/mol. The lowest BCUT2D eigenvalue weighted by Crippen LogP contribution is -2.55. The number of rotatable bonds is 9. The molecule has 8 heteroatoms. The quantitative estimate of drug-likeness (QED) is 0.208. The first-order chi connectivity index (χ1) is 18.4. The lowest BCUT2D eigenvalue weighted by Gasteiger charge is -2.48. The SMILES string of the molecule is COC(=O)C1CCC(N2CCC(CO[Si](C)(C)C(C)(C)C)CC2)CC1N1CCC(CO[Si](C)(C)C(C)(C)C)CC1. The van der Waals surface area contributed by atoms with Gasteiger partial charge in [0.2, 0.25) is 0 Å². The van der Waals surface area contributed by atoms with Crippen molar-refractivity contribution >= 4 is 22.6 Å². The predicted octanol–water partition coefficient (Wildman–Crippen LogP) is 7.16. The molecule has 3 unspecified atom stereocenters. The molecule has 3 atom stereocenters. The van der Waals surface area contributed by atoms with Gasteiger partial charge in [-0.2, -0.15) is 0 Å². The Morgan fingerprint density at radius 3 is 1.52 bits per heavy atom. The van der Waals surface area contributed by atoms with E-state index in [9.17, 15) is 4.79 Å². The summed E-state index contributed by atoms with van der Waals surface area (Å²) in [6.45, 7) is 29.7. The predicted molar refractivity (Wildman–Crippen MR) is 172 cm³/mol. The number of likely N-dealkylation sites (tertiary alicyclic amines) is 2. The van der Waals surface area contributed by atoms with Crippen LogP contribution in [0.15, 0.2) is 0 Å². The summed E-state index contributed by atoms with van der Waals surface area (Å²) in [5.41, 5.74) is 0. The highest BCUT2D eigenvalue weighted by molar-refractivity contribution is 6.74. The Bertz CT molecular complexity index is 807. The van der Waals surface area contributed by atoms with E-state index in [0.29, 0.717) is 23.9 Å². The van der Waals surface area contributed by atoms with Gasteiger partial charge in [0.1, 0.15) is 0 Å². The van der Waals surface area contributed by atoms with Crippen LogP contribution < -0.4 is 0 Å². The van der Waals surface area contributed by atoms with Gasteiger partial charge in [0, 0.05) is 25.3 Å². The van der Waals surface area contributed by atoms with Crippen molar-refractivity contribution in [2.24, 2.45) is 17.8 Å². The second-order valence-corrected chi connectivity index (χ2v) is 25.9. The molecule has 0 aromatic carbocycles. The van der Waals surface area contributed by atoms with Crippen LogP contribution in [0.2, 0.25) is 36.3 Å². The van der Waals surface area contributed by atoms with Crippen molar-refractivity contribution in [2.75, 3.05) is 46.5 Å². The number of hydrogen-bond acceptors (Lipinski definition) is 6. The van der Waals surface area contributed by atoms with Crippen LogP contribution >= 0.6 is 0 Å². The number of esters is 1. The molecule has 1 aliphatic carbocycles. The van der Waals surface area contributed by atoms with Crippen molar-refractivity contribution < 1.29 is 18.4 Å². The first-order valence-electron chi connectivity index (χ1n) is 16.3. The molecule has 0 bridgehead atoms. The van der Waals surface area contributed by atoms with Crippen molar-refractivity contribution in [1.82, 2.24) is 9.80 Å². The minimum absolute atomic E-state index is 0.00619. The first kappa shape index (κ1) is 34.2. The largest absolute Gasteiger partial charge is 0.469 e. The van der Waals surface area contributed by atoms with Crippen molar-refractivity contribution in [1.29, 1.82) is 0 Å². The normalized spacial score (nSPS) is 27.6. The molecule has 1 saturated carbocycles. The summed E-state index contributed by atoms with van der Waals surface area (Å²) in [4.78, 5) is 18.2. The van der Waals surface area contributed by atoms with E-state index in [1.165, 1.54) is 38.8 Å². The highest BCUT2D eigenvalue weighted by atomic mass is 28.4. The highest BCUT2D eigenvalue weighted by Gasteiger charge is 2.43. The maximum Gasteiger partial charge on any atom is 0.310 e. The second kappa shape index (κ2) is 13.6. The van der Waals surface area contributed by atoms with Crippen LogP contribution in [0.3, 0.4) is 0 Å². The minimum Gasteiger partial charge on any atom is -0.469 e. The fraction of sp³-hybridized carbons (Fsp3) is 0.969. The van der Waals surface area contributed by atoms with Gasteiger partial charge in [-0.25, -0.2) is 0 Å². The summed E-state index contributed by atoms with van der Waals surface area (Å²) in [6.07, 6.45) is 7.96. The average molecular weight is 597 g/mol. The molecule has 2 aliphatic heterocycles. The monoisotopic (exact) mass is 596 g/mol. The molecule has 3 fully saturated rings. The third-order valence-electron chi connectivity index (χ3n) is 11.5. The van der Waals surface area contributed by atoms with Gasteiger partial charge in [0.15, 0.2) is 16.6 Å². The molecule has 6 nitrogen and oxygen atoms in total. The first-order valence-corrected chi connectivity index (χ1v) is 22.1. The van der Waals surface area contributed by atoms with E-state index < -0.39 is 16.6 Å². The Balaban J connectivity index is 1.53. The number of ether oxygens (including phenoxy) is 1. The average Bonchev–Trinajstić information content (AvgIpc) is 2.89. The van der Waals surface area contributed by atoms with E-state index in [1.807, 2.05) is 0 Å². The van der Waals surface area contributed by atoms with Gasteiger partial charge in [-0.05, 0) is 119 Å². The molecule has 0 N–H and O–H groups in total. The van der Waals surface area contributed by atoms with Crippen molar-refractivity contribution in [3.8, 4) is 0 Å². The molecule has 0 spiro atoms. The van der Waals surface area contributed by atoms with Gasteiger partial charge in [-0.3, -0.25) is 9.69 Å². The van der Waals surface area contributed by atoms with Crippen LogP contribution in [0, 0.1) is 17.8 Å². The Morgan fingerprint density at radius 1 is 0.700 bits per heavy atom. The summed E-state index contributed by atoms with van der Waals surface area (Å²) >= 11 is 0. The molecule has 3 aliphatic rings. The van der Waals surface area contributed by atoms with E-state index in [-0.39, 0.29) is 22.0 Å². The van der Waals surface area contributed by atoms with Crippen LogP contribution in [0.1, 0.15) is 86.5 Å². The smallest absolute Gasteiger partial charge is 0.310 e. The zero-order valence-corrected chi connectivity index (χ0v) is 30.1. The van der Waals surface area contributed by atoms with Gasteiger partial charge in [-0.1, -0.05) is 41.5 Å². The van der Waals surface area contributed by atoms with Crippen LogP contribution in [-0.4, -0.2) is 91.0 Å². The Hall–Kier alpha value is -0.256. The van der Waals surface area contributed by atoms with Crippen molar-refractivity contribution in [2.45, 2.75) is 135 Å². The molecule has 3 rings (SSSR count). The Morgan fingerprint density at radius 2 is 1.12 bits per heavy atom. The molecule has 0 radical (unpaired) electrons. The third-order valence-corrected chi connectivity index (χ3v) is 20.6. The molecule has 0 aromatic heterocycles. The fourth-order valence-corrected chi connectivity index (χ4v) is 8.48. The summed E-state index contributed by atoms with van der Waals surface area (Å²) < 4.78 is 18.5. The fourth-order valence-electron chi connectivity index (χ4n) is 6.31. The van der Waals surface area contributed by atoms with Crippen LogP contribution in [0.25, 0.3) is 0 Å². The number of piperidine rings is 2. The maximum atomic E-state index is 12.9. The summed E-state index contributed by atoms with van der Waals surface area (Å²) in [5, 5.41) is 0.526. The van der Waals surface area contributed by atoms with E-state index in [0.717, 1.165) is 45.6 Å². The van der Waals surface area contributed by atoms with Crippen molar-refractivity contribution in [3.63, 3.8) is 0 Å². The van der Waals surface area contributed by atoms with E-state index in [2.05, 4.69) is 77.5 Å². The Labute approximate surface area is 249 Å². The lowest BCUT2D eigenvalue weighted by atomic mass is 9.78. The molecule has 234 valence electrons. The van der Waals surface area contributed by atoms with E-state index in [4.69, 9.17) is 13.6 Å². The minimum atomic E-state index is -1.71. The van der Waals surface area contributed by atoms with Gasteiger partial charge >= 0.3 is 5.97 Å². The van der Waals surface area contributed by atoms with Gasteiger partial charge in [-0.15, -0.1) is 0 Å². The summed E-state index contributed by atoms with van der Waals surface area (Å²) in [5.74, 6) is 1.32. The highest BCUT2D eigenvalue weighted by Crippen LogP contribution is 2.40. The summed E-state index contributed by atoms with van der Waals surface area (Å²) in [7, 11) is -1.84. The van der Waals surface area contributed by atoms with Crippen LogP contribution in [0.4, 0.5) is 0 Å². The topological polar surface area (TPSA) is 51.2 Å². The number of nitrogens with zero attached hydrogens (tertiary/aromatic N) is 2. The van der Waals surface area contributed by atoms with Crippen LogP contribution in [-0.2, 0) is 18.4 Å². The van der Waals surface area contributed by atoms with E-state index in [1.54, 1.807) is 7.11 Å². The standard InChI is InChI=1S/C32H64N2O4Si2/c1-31(2,3)39(8,9)37-23-25-14-18-33(19-15-25)27-12-13-28(30(35)36-7)29(22-27)34-20-16-26(17-21-34)24-38-40(10,11)32(4,5)6/h25-29H,12-24H2,1-11H3. The Kier molecular flexibility index (Phi) is 11.6. The number of methoxy groups -OCH3 is 1. The zero-order valence-electron chi connectivity index (χ0n) is 28.1. The maximum absolute atomic E-state index is 12.9. The molecule has 0 aromatic rings. The number of carbonyl (C=O) groups is 1. The van der Waals surface area contributed by atoms with Crippen molar-refractivity contribution in [3.05, 3.63) is 0 Å². The zero-order chi connectivity index (χ0) is 29.9. The van der Waals surface area contributed by atoms with Gasteiger partial charge in [0.05, 0.1) is 13.0 Å². The summed E-state index contributed by atoms with van der Waals surface area (Å²) in [6, 6.07) is 0.876. The molecule has 0 amide bonds. The number of carbonyl (C=O) groups excluding carboxylic acids is 1. The van der Waals surface area contributed by atoms with Crippen LogP contribution in [0.5, 0.6) is 0 Å². The molecule has 2 heterocycles. The second-order valence-electron chi connectivity index (χ2n) is 16.3. The molecule has 2 saturated heterocycles. The number of hydrogen-bond donors (Lipinski definition) is 0. The third kappa shape index (κ3) is 8.65. The molecular formula is C32H64N2O4Si2. The van der Waals surface area contributed by atoms with Gasteiger partial charge < -0.3 is 18.5 Å².